The smallest absolute Gasteiger partial charge is 0.229 e. The number of hydrogen-bond acceptors (Lipinski definition) is 5. The standard InChI is InChI=1S/C21H34N4OS/c1-7-10-19(18(8-2)24-25(6)14-13-22)27-17-12-9-11-16(15-17)23-20(26)21(3,4)5/h9-12,15H,7-8,13-14,22H2,1-6H3,(H,23,26)/b19-10-,24-18-. The number of nitrogens with two attached hydrogens (primary N) is 1. The highest BCUT2D eigenvalue weighted by Crippen LogP contribution is 2.31. The second-order valence-electron chi connectivity index (χ2n) is 7.38. The minimum Gasteiger partial charge on any atom is -0.329 e. The van der Waals surface area contributed by atoms with Crippen molar-refractivity contribution in [1.29, 1.82) is 0 Å². The zero-order valence-electron chi connectivity index (χ0n) is 17.5. The molecule has 150 valence electrons. The Morgan fingerprint density at radius 1 is 1.33 bits per heavy atom. The highest BCUT2D eigenvalue weighted by atomic mass is 32.2. The molecule has 0 unspecified atom stereocenters. The van der Waals surface area contributed by atoms with E-state index in [9.17, 15) is 4.79 Å². The van der Waals surface area contributed by atoms with Gasteiger partial charge in [0.05, 0.1) is 5.71 Å². The molecule has 0 aromatic heterocycles. The average molecular weight is 391 g/mol. The number of hydrazone groups is 1. The fourth-order valence-corrected chi connectivity index (χ4v) is 3.36. The molecule has 6 heteroatoms. The monoisotopic (exact) mass is 390 g/mol. The van der Waals surface area contributed by atoms with Gasteiger partial charge in [0.1, 0.15) is 0 Å². The second kappa shape index (κ2) is 11.1. The first-order valence-corrected chi connectivity index (χ1v) is 10.3. The molecule has 5 nitrogen and oxygen atoms in total. The fraction of sp³-hybridized carbons (Fsp3) is 0.524. The van der Waals surface area contributed by atoms with E-state index in [1.165, 1.54) is 0 Å². The van der Waals surface area contributed by atoms with E-state index in [0.29, 0.717) is 6.54 Å². The maximum Gasteiger partial charge on any atom is 0.229 e. The first kappa shape index (κ1) is 23.2. The van der Waals surface area contributed by atoms with Gasteiger partial charge in [-0.3, -0.25) is 9.80 Å². The fourth-order valence-electron chi connectivity index (χ4n) is 2.22. The van der Waals surface area contributed by atoms with Crippen molar-refractivity contribution in [1.82, 2.24) is 5.01 Å². The van der Waals surface area contributed by atoms with Crippen molar-refractivity contribution < 1.29 is 4.79 Å². The van der Waals surface area contributed by atoms with Crippen LogP contribution in [0.4, 0.5) is 5.69 Å². The van der Waals surface area contributed by atoms with Crippen LogP contribution in [0.5, 0.6) is 0 Å². The van der Waals surface area contributed by atoms with Gasteiger partial charge in [-0.2, -0.15) is 5.10 Å². The summed E-state index contributed by atoms with van der Waals surface area (Å²) >= 11 is 1.68. The SMILES string of the molecule is CC/C=C(Sc1cccc(NC(=O)C(C)(C)C)c1)/C(CC)=N\N(C)CCN. The van der Waals surface area contributed by atoms with Gasteiger partial charge < -0.3 is 11.1 Å². The maximum absolute atomic E-state index is 12.2. The zero-order valence-corrected chi connectivity index (χ0v) is 18.3. The first-order chi connectivity index (χ1) is 12.7. The third-order valence-electron chi connectivity index (χ3n) is 3.75. The van der Waals surface area contributed by atoms with Crippen molar-refractivity contribution in [2.75, 3.05) is 25.5 Å². The molecule has 1 aromatic carbocycles. The molecule has 1 aromatic rings. The summed E-state index contributed by atoms with van der Waals surface area (Å²) in [6.45, 7) is 11.3. The Labute approximate surface area is 168 Å². The summed E-state index contributed by atoms with van der Waals surface area (Å²) in [5.41, 5.74) is 7.06. The Morgan fingerprint density at radius 2 is 2.04 bits per heavy atom. The van der Waals surface area contributed by atoms with Crippen molar-refractivity contribution >= 4 is 29.1 Å². The van der Waals surface area contributed by atoms with Crippen molar-refractivity contribution in [2.24, 2.45) is 16.3 Å². The van der Waals surface area contributed by atoms with Crippen molar-refractivity contribution in [3.8, 4) is 0 Å². The average Bonchev–Trinajstić information content (AvgIpc) is 2.59. The molecule has 0 aliphatic carbocycles. The number of nitrogens with zero attached hydrogens (tertiary/aromatic N) is 2. The lowest BCUT2D eigenvalue weighted by Gasteiger charge is -2.18. The number of benzene rings is 1. The predicted molar refractivity (Wildman–Crippen MR) is 118 cm³/mol. The molecule has 0 spiro atoms. The molecule has 0 aliphatic rings. The van der Waals surface area contributed by atoms with Gasteiger partial charge in [0.15, 0.2) is 0 Å². The lowest BCUT2D eigenvalue weighted by Crippen LogP contribution is -2.27. The minimum atomic E-state index is -0.425. The number of carbonyl (C=O) groups excluding carboxylic acids is 1. The number of allylic oxidation sites excluding steroid dienone is 2. The highest BCUT2D eigenvalue weighted by molar-refractivity contribution is 8.04. The Morgan fingerprint density at radius 3 is 2.59 bits per heavy atom. The van der Waals surface area contributed by atoms with E-state index in [1.807, 2.05) is 51.0 Å². The molecule has 0 saturated heterocycles. The summed E-state index contributed by atoms with van der Waals surface area (Å²) in [6.07, 6.45) is 3.97. The van der Waals surface area contributed by atoms with E-state index >= 15 is 0 Å². The van der Waals surface area contributed by atoms with E-state index in [2.05, 4.69) is 31.3 Å². The highest BCUT2D eigenvalue weighted by Gasteiger charge is 2.21. The third kappa shape index (κ3) is 8.18. The van der Waals surface area contributed by atoms with Gasteiger partial charge in [-0.1, -0.05) is 58.5 Å². The summed E-state index contributed by atoms with van der Waals surface area (Å²) in [5, 5.41) is 9.60. The number of thioether (sulfide) groups is 1. The lowest BCUT2D eigenvalue weighted by molar-refractivity contribution is -0.123. The van der Waals surface area contributed by atoms with Crippen molar-refractivity contribution in [3.05, 3.63) is 35.2 Å². The van der Waals surface area contributed by atoms with Crippen LogP contribution in [-0.2, 0) is 4.79 Å². The summed E-state index contributed by atoms with van der Waals surface area (Å²) < 4.78 is 0. The van der Waals surface area contributed by atoms with Gasteiger partial charge in [0, 0.05) is 41.0 Å². The van der Waals surface area contributed by atoms with Gasteiger partial charge in [0.25, 0.3) is 0 Å². The molecular formula is C21H34N4OS. The Balaban J connectivity index is 3.02. The summed E-state index contributed by atoms with van der Waals surface area (Å²) in [7, 11) is 1.94. The normalized spacial score (nSPS) is 12.9. The quantitative estimate of drug-likeness (QED) is 0.364. The number of likely N-dealkylation sites (N-methyl/N-ethyl adjacent to an activating group) is 1. The van der Waals surface area contributed by atoms with Crippen LogP contribution in [-0.4, -0.2) is 36.8 Å². The minimum absolute atomic E-state index is 0.00759. The van der Waals surface area contributed by atoms with Gasteiger partial charge in [-0.05, 0) is 31.0 Å². The molecule has 3 N–H and O–H groups in total. The van der Waals surface area contributed by atoms with E-state index in [1.54, 1.807) is 11.8 Å². The molecule has 0 aliphatic heterocycles. The number of carbonyl (C=O) groups is 1. The number of amides is 1. The Hall–Kier alpha value is -1.79. The summed E-state index contributed by atoms with van der Waals surface area (Å²) in [5.74, 6) is 0.00759. The molecule has 0 bridgehead atoms. The molecule has 0 fully saturated rings. The van der Waals surface area contributed by atoms with Crippen LogP contribution >= 0.6 is 11.8 Å². The summed E-state index contributed by atoms with van der Waals surface area (Å²) in [6, 6.07) is 7.95. The molecule has 27 heavy (non-hydrogen) atoms. The Kier molecular flexibility index (Phi) is 9.60. The van der Waals surface area contributed by atoms with Gasteiger partial charge in [0.2, 0.25) is 5.91 Å². The second-order valence-corrected chi connectivity index (χ2v) is 8.50. The van der Waals surface area contributed by atoms with E-state index in [-0.39, 0.29) is 5.91 Å². The van der Waals surface area contributed by atoms with Crippen LogP contribution < -0.4 is 11.1 Å². The van der Waals surface area contributed by atoms with E-state index in [4.69, 9.17) is 10.8 Å². The van der Waals surface area contributed by atoms with Crippen molar-refractivity contribution in [3.63, 3.8) is 0 Å². The molecular weight excluding hydrogens is 356 g/mol. The van der Waals surface area contributed by atoms with Crippen LogP contribution in [0.25, 0.3) is 0 Å². The predicted octanol–water partition coefficient (Wildman–Crippen LogP) is 4.71. The van der Waals surface area contributed by atoms with Gasteiger partial charge >= 0.3 is 0 Å². The largest absolute Gasteiger partial charge is 0.329 e. The number of rotatable bonds is 9. The lowest BCUT2D eigenvalue weighted by atomic mass is 9.95. The molecule has 0 heterocycles. The number of hydrogen-bond donors (Lipinski definition) is 2. The molecule has 1 amide bonds. The first-order valence-electron chi connectivity index (χ1n) is 9.49. The van der Waals surface area contributed by atoms with Crippen LogP contribution in [0, 0.1) is 5.41 Å². The van der Waals surface area contributed by atoms with E-state index in [0.717, 1.165) is 40.6 Å². The van der Waals surface area contributed by atoms with Crippen LogP contribution in [0.15, 0.2) is 45.2 Å². The van der Waals surface area contributed by atoms with E-state index < -0.39 is 5.41 Å². The van der Waals surface area contributed by atoms with Gasteiger partial charge in [-0.25, -0.2) is 0 Å². The zero-order chi connectivity index (χ0) is 20.4. The number of nitrogens with one attached hydrogen (secondary N) is 1. The Bertz CT molecular complexity index is 677. The molecule has 0 atom stereocenters. The molecule has 0 saturated carbocycles. The van der Waals surface area contributed by atoms with Crippen LogP contribution in [0.2, 0.25) is 0 Å². The number of anilines is 1. The third-order valence-corrected chi connectivity index (χ3v) is 4.87. The topological polar surface area (TPSA) is 70.7 Å². The maximum atomic E-state index is 12.2. The van der Waals surface area contributed by atoms with Gasteiger partial charge in [-0.15, -0.1) is 0 Å². The van der Waals surface area contributed by atoms with Crippen LogP contribution in [0.1, 0.15) is 47.5 Å². The molecule has 0 radical (unpaired) electrons. The summed E-state index contributed by atoms with van der Waals surface area (Å²) in [4.78, 5) is 14.5. The van der Waals surface area contributed by atoms with Crippen molar-refractivity contribution in [2.45, 2.75) is 52.4 Å². The van der Waals surface area contributed by atoms with Crippen LogP contribution in [0.3, 0.4) is 0 Å². The molecule has 1 rings (SSSR count).